The summed E-state index contributed by atoms with van der Waals surface area (Å²) in [6, 6.07) is 8.97. The van der Waals surface area contributed by atoms with Crippen molar-refractivity contribution in [3.05, 3.63) is 29.8 Å². The largest absolute Gasteiger partial charge is 0.368 e. The number of nitrogens with two attached hydrogens (primary N) is 1. The first-order valence-electron chi connectivity index (χ1n) is 7.39. The number of carbonyl (C=O) groups is 1. The molecule has 1 aromatic rings. The van der Waals surface area contributed by atoms with Crippen molar-refractivity contribution in [2.24, 2.45) is 5.73 Å². The van der Waals surface area contributed by atoms with Gasteiger partial charge in [-0.25, -0.2) is 0 Å². The van der Waals surface area contributed by atoms with Gasteiger partial charge in [-0.05, 0) is 50.7 Å². The number of hydrogen-bond donors (Lipinski definition) is 2. The molecule has 0 aliphatic heterocycles. The molecule has 3 N–H and O–H groups in total. The van der Waals surface area contributed by atoms with Gasteiger partial charge in [0, 0.05) is 16.2 Å². The van der Waals surface area contributed by atoms with Crippen LogP contribution in [0.4, 0.5) is 0 Å². The van der Waals surface area contributed by atoms with Crippen LogP contribution in [0.15, 0.2) is 29.2 Å². The zero-order valence-electron chi connectivity index (χ0n) is 11.9. The van der Waals surface area contributed by atoms with Crippen molar-refractivity contribution in [3.8, 4) is 0 Å². The number of primary amides is 1. The second-order valence-corrected chi connectivity index (χ2v) is 7.46. The Bertz CT molecular complexity index is 515. The summed E-state index contributed by atoms with van der Waals surface area (Å²) in [6.45, 7) is 2.14. The van der Waals surface area contributed by atoms with Gasteiger partial charge in [-0.1, -0.05) is 18.2 Å². The number of benzene rings is 1. The molecular weight excluding hydrogens is 268 g/mol. The van der Waals surface area contributed by atoms with E-state index in [4.69, 9.17) is 5.73 Å². The van der Waals surface area contributed by atoms with Crippen LogP contribution in [-0.2, 0) is 4.79 Å². The number of amides is 1. The van der Waals surface area contributed by atoms with Crippen LogP contribution in [0, 0.1) is 6.92 Å². The highest BCUT2D eigenvalue weighted by atomic mass is 32.2. The molecule has 0 heterocycles. The lowest BCUT2D eigenvalue weighted by atomic mass is 9.96. The van der Waals surface area contributed by atoms with E-state index >= 15 is 0 Å². The van der Waals surface area contributed by atoms with Gasteiger partial charge in [0.15, 0.2) is 0 Å². The van der Waals surface area contributed by atoms with Crippen LogP contribution in [0.5, 0.6) is 0 Å². The maximum absolute atomic E-state index is 11.9. The van der Waals surface area contributed by atoms with Crippen molar-refractivity contribution in [2.75, 3.05) is 0 Å². The van der Waals surface area contributed by atoms with Crippen LogP contribution in [0.2, 0.25) is 0 Å². The normalized spacial score (nSPS) is 29.6. The number of aryl methyl sites for hydroxylation is 1. The van der Waals surface area contributed by atoms with Crippen LogP contribution in [0.1, 0.15) is 37.7 Å². The Kier molecular flexibility index (Phi) is 3.78. The molecule has 0 radical (unpaired) electrons. The molecule has 0 bridgehead atoms. The van der Waals surface area contributed by atoms with E-state index in [2.05, 4.69) is 36.5 Å². The van der Waals surface area contributed by atoms with Crippen molar-refractivity contribution in [1.29, 1.82) is 0 Å². The minimum absolute atomic E-state index is 0.169. The predicted molar refractivity (Wildman–Crippen MR) is 82.8 cm³/mol. The van der Waals surface area contributed by atoms with E-state index in [1.54, 1.807) is 0 Å². The molecule has 2 aliphatic carbocycles. The highest BCUT2D eigenvalue weighted by Crippen LogP contribution is 2.42. The standard InChI is InChI=1S/C16H22N2OS/c1-11-4-2-3-5-14(11)20-13-8-9-16(10-13,15(17)19)18-12-6-7-12/h2-5,12-13,18H,6-10H2,1H3,(H2,17,19). The SMILES string of the molecule is Cc1ccccc1SC1CCC(NC2CC2)(C(N)=O)C1. The van der Waals surface area contributed by atoms with Gasteiger partial charge in [-0.15, -0.1) is 11.8 Å². The van der Waals surface area contributed by atoms with Crippen LogP contribution < -0.4 is 11.1 Å². The molecule has 20 heavy (non-hydrogen) atoms. The smallest absolute Gasteiger partial charge is 0.237 e. The molecule has 2 atom stereocenters. The van der Waals surface area contributed by atoms with E-state index < -0.39 is 5.54 Å². The van der Waals surface area contributed by atoms with Crippen LogP contribution in [-0.4, -0.2) is 22.7 Å². The quantitative estimate of drug-likeness (QED) is 0.876. The van der Waals surface area contributed by atoms with Crippen LogP contribution >= 0.6 is 11.8 Å². The molecule has 2 unspecified atom stereocenters. The van der Waals surface area contributed by atoms with E-state index in [1.807, 2.05) is 11.8 Å². The van der Waals surface area contributed by atoms with Crippen molar-refractivity contribution >= 4 is 17.7 Å². The van der Waals surface area contributed by atoms with Gasteiger partial charge in [0.05, 0.1) is 5.54 Å². The second kappa shape index (κ2) is 5.41. The summed E-state index contributed by atoms with van der Waals surface area (Å²) in [6.07, 6.45) is 5.16. The predicted octanol–water partition coefficient (Wildman–Crippen LogP) is 2.62. The lowest BCUT2D eigenvalue weighted by Gasteiger charge is -2.27. The molecule has 2 saturated carbocycles. The van der Waals surface area contributed by atoms with Gasteiger partial charge in [0.25, 0.3) is 0 Å². The monoisotopic (exact) mass is 290 g/mol. The Morgan fingerprint density at radius 2 is 2.10 bits per heavy atom. The molecule has 0 spiro atoms. The molecule has 1 amide bonds. The molecule has 0 aromatic heterocycles. The molecule has 0 saturated heterocycles. The van der Waals surface area contributed by atoms with Crippen molar-refractivity contribution in [2.45, 2.75) is 60.8 Å². The zero-order chi connectivity index (χ0) is 14.2. The van der Waals surface area contributed by atoms with Gasteiger partial charge >= 0.3 is 0 Å². The molecule has 2 fully saturated rings. The number of hydrogen-bond acceptors (Lipinski definition) is 3. The lowest BCUT2D eigenvalue weighted by molar-refractivity contribution is -0.124. The Morgan fingerprint density at radius 1 is 1.35 bits per heavy atom. The first-order chi connectivity index (χ1) is 9.59. The van der Waals surface area contributed by atoms with Gasteiger partial charge < -0.3 is 11.1 Å². The van der Waals surface area contributed by atoms with Gasteiger partial charge in [0.2, 0.25) is 5.91 Å². The maximum Gasteiger partial charge on any atom is 0.237 e. The van der Waals surface area contributed by atoms with E-state index in [0.29, 0.717) is 11.3 Å². The average molecular weight is 290 g/mol. The number of rotatable bonds is 5. The summed E-state index contributed by atoms with van der Waals surface area (Å²) in [5, 5.41) is 3.99. The number of thioether (sulfide) groups is 1. The summed E-state index contributed by atoms with van der Waals surface area (Å²) in [4.78, 5) is 13.2. The van der Waals surface area contributed by atoms with Gasteiger partial charge in [-0.2, -0.15) is 0 Å². The van der Waals surface area contributed by atoms with Crippen molar-refractivity contribution in [3.63, 3.8) is 0 Å². The molecule has 108 valence electrons. The number of nitrogens with one attached hydrogen (secondary N) is 1. The van der Waals surface area contributed by atoms with Crippen LogP contribution in [0.25, 0.3) is 0 Å². The van der Waals surface area contributed by atoms with Crippen molar-refractivity contribution < 1.29 is 4.79 Å². The highest BCUT2D eigenvalue weighted by molar-refractivity contribution is 8.00. The third kappa shape index (κ3) is 2.86. The first-order valence-corrected chi connectivity index (χ1v) is 8.27. The summed E-state index contributed by atoms with van der Waals surface area (Å²) in [5.74, 6) is -0.169. The van der Waals surface area contributed by atoms with Gasteiger partial charge in [-0.3, -0.25) is 4.79 Å². The summed E-state index contributed by atoms with van der Waals surface area (Å²) >= 11 is 1.90. The molecule has 1 aromatic carbocycles. The molecule has 4 heteroatoms. The van der Waals surface area contributed by atoms with E-state index in [-0.39, 0.29) is 5.91 Å². The topological polar surface area (TPSA) is 55.1 Å². The summed E-state index contributed by atoms with van der Waals surface area (Å²) in [7, 11) is 0. The van der Waals surface area contributed by atoms with Crippen molar-refractivity contribution in [1.82, 2.24) is 5.32 Å². The fourth-order valence-corrected chi connectivity index (χ4v) is 4.39. The van der Waals surface area contributed by atoms with E-state index in [9.17, 15) is 4.79 Å². The van der Waals surface area contributed by atoms with E-state index in [0.717, 1.165) is 19.3 Å². The Labute approximate surface area is 124 Å². The van der Waals surface area contributed by atoms with Crippen LogP contribution in [0.3, 0.4) is 0 Å². The summed E-state index contributed by atoms with van der Waals surface area (Å²) in [5.41, 5.74) is 6.54. The summed E-state index contributed by atoms with van der Waals surface area (Å²) < 4.78 is 0. The zero-order valence-corrected chi connectivity index (χ0v) is 12.7. The molecule has 2 aliphatic rings. The average Bonchev–Trinajstić information content (AvgIpc) is 3.12. The fraction of sp³-hybridized carbons (Fsp3) is 0.562. The van der Waals surface area contributed by atoms with E-state index in [1.165, 1.54) is 23.3 Å². The third-order valence-corrected chi connectivity index (χ3v) is 5.83. The number of carbonyl (C=O) groups excluding carboxylic acids is 1. The fourth-order valence-electron chi connectivity index (χ4n) is 3.01. The first kappa shape index (κ1) is 14.0. The lowest BCUT2D eigenvalue weighted by Crippen LogP contribution is -2.54. The minimum Gasteiger partial charge on any atom is -0.368 e. The highest BCUT2D eigenvalue weighted by Gasteiger charge is 2.46. The third-order valence-electron chi connectivity index (χ3n) is 4.39. The second-order valence-electron chi connectivity index (χ2n) is 6.11. The minimum atomic E-state index is -0.457. The Hall–Kier alpha value is -1.00. The molecular formula is C16H22N2OS. The maximum atomic E-state index is 11.9. The Morgan fingerprint density at radius 3 is 2.75 bits per heavy atom. The molecule has 3 rings (SSSR count). The Balaban J connectivity index is 1.68. The van der Waals surface area contributed by atoms with Gasteiger partial charge in [0.1, 0.15) is 0 Å². The molecule has 3 nitrogen and oxygen atoms in total.